The number of hydrogen-bond donors (Lipinski definition) is 3. The number of carbonyl (C=O) groups excluding carboxylic acids is 2. The zero-order valence-corrected chi connectivity index (χ0v) is 14.4. The number of aromatic nitrogens is 1. The average molecular weight is 348 g/mol. The van der Waals surface area contributed by atoms with E-state index in [0.717, 1.165) is 4.88 Å². The molecule has 2 rings (SSSR count). The molecule has 0 aliphatic rings. The molecule has 2 heterocycles. The van der Waals surface area contributed by atoms with Gasteiger partial charge in [0.15, 0.2) is 6.61 Å². The number of pyridine rings is 1. The molecule has 2 aromatic heterocycles. The van der Waals surface area contributed by atoms with Gasteiger partial charge in [0.25, 0.3) is 5.91 Å². The fourth-order valence-electron chi connectivity index (χ4n) is 1.91. The maximum absolute atomic E-state index is 11.9. The summed E-state index contributed by atoms with van der Waals surface area (Å²) in [4.78, 5) is 28.4. The monoisotopic (exact) mass is 348 g/mol. The Bertz CT molecular complexity index is 658. The minimum absolute atomic E-state index is 0.0577. The highest BCUT2D eigenvalue weighted by Crippen LogP contribution is 2.18. The Balaban J connectivity index is 1.77. The Hall–Kier alpha value is -2.61. The van der Waals surface area contributed by atoms with Crippen molar-refractivity contribution in [1.82, 2.24) is 15.6 Å². The van der Waals surface area contributed by atoms with E-state index in [9.17, 15) is 9.59 Å². The largest absolute Gasteiger partial charge is 0.468 e. The molecule has 3 N–H and O–H groups in total. The van der Waals surface area contributed by atoms with E-state index in [1.807, 2.05) is 31.4 Å². The van der Waals surface area contributed by atoms with Crippen LogP contribution >= 0.6 is 11.3 Å². The first-order valence-electron chi connectivity index (χ1n) is 7.55. The van der Waals surface area contributed by atoms with E-state index in [0.29, 0.717) is 18.1 Å². The first-order chi connectivity index (χ1) is 11.6. The van der Waals surface area contributed by atoms with Crippen LogP contribution in [-0.4, -0.2) is 30.1 Å². The predicted octanol–water partition coefficient (Wildman–Crippen LogP) is 2.54. The first-order valence-corrected chi connectivity index (χ1v) is 8.43. The number of rotatable bonds is 7. The minimum atomic E-state index is -0.296. The van der Waals surface area contributed by atoms with Crippen molar-refractivity contribution < 1.29 is 14.3 Å². The second-order valence-corrected chi connectivity index (χ2v) is 5.94. The van der Waals surface area contributed by atoms with Crippen LogP contribution in [0.25, 0.3) is 0 Å². The van der Waals surface area contributed by atoms with Crippen LogP contribution in [0.15, 0.2) is 35.8 Å². The average Bonchev–Trinajstić information content (AvgIpc) is 3.09. The van der Waals surface area contributed by atoms with Crippen molar-refractivity contribution in [2.75, 3.05) is 18.5 Å². The summed E-state index contributed by atoms with van der Waals surface area (Å²) in [5.41, 5.74) is 0.545. The Morgan fingerprint density at radius 1 is 1.33 bits per heavy atom. The zero-order valence-electron chi connectivity index (χ0n) is 13.5. The van der Waals surface area contributed by atoms with Crippen LogP contribution in [0.4, 0.5) is 10.5 Å². The van der Waals surface area contributed by atoms with E-state index in [2.05, 4.69) is 20.9 Å². The number of hydrogen-bond acceptors (Lipinski definition) is 5. The maximum atomic E-state index is 11.9. The molecule has 0 unspecified atom stereocenters. The van der Waals surface area contributed by atoms with Crippen LogP contribution in [0, 0.1) is 0 Å². The molecule has 0 saturated heterocycles. The van der Waals surface area contributed by atoms with Crippen molar-refractivity contribution >= 4 is 29.0 Å². The number of carbonyl (C=O) groups is 2. The zero-order chi connectivity index (χ0) is 17.4. The lowest BCUT2D eigenvalue weighted by atomic mass is 10.3. The molecule has 0 aromatic carbocycles. The van der Waals surface area contributed by atoms with Crippen LogP contribution in [-0.2, 0) is 4.79 Å². The van der Waals surface area contributed by atoms with Crippen LogP contribution < -0.4 is 20.7 Å². The molecule has 0 aliphatic carbocycles. The molecule has 7 nitrogen and oxygen atoms in total. The maximum Gasteiger partial charge on any atom is 0.319 e. The molecule has 0 spiro atoms. The van der Waals surface area contributed by atoms with E-state index in [1.54, 1.807) is 23.5 Å². The third-order valence-electron chi connectivity index (χ3n) is 3.03. The van der Waals surface area contributed by atoms with Gasteiger partial charge in [-0.05, 0) is 31.4 Å². The van der Waals surface area contributed by atoms with Crippen molar-refractivity contribution in [1.29, 1.82) is 0 Å². The van der Waals surface area contributed by atoms with Gasteiger partial charge in [0.05, 0.1) is 17.9 Å². The van der Waals surface area contributed by atoms with Gasteiger partial charge in [-0.15, -0.1) is 11.3 Å². The first kappa shape index (κ1) is 17.7. The summed E-state index contributed by atoms with van der Waals surface area (Å²) in [5, 5.41) is 10.1. The number of thiophene rings is 1. The Kier molecular flexibility index (Phi) is 6.56. The lowest BCUT2D eigenvalue weighted by Crippen LogP contribution is -2.31. The van der Waals surface area contributed by atoms with Gasteiger partial charge in [0.1, 0.15) is 0 Å². The Morgan fingerprint density at radius 2 is 2.17 bits per heavy atom. The molecule has 0 saturated carbocycles. The molecule has 0 fully saturated rings. The molecule has 8 heteroatoms. The Morgan fingerprint density at radius 3 is 2.79 bits per heavy atom. The molecule has 0 bridgehead atoms. The third kappa shape index (κ3) is 5.54. The highest BCUT2D eigenvalue weighted by molar-refractivity contribution is 7.10. The summed E-state index contributed by atoms with van der Waals surface area (Å²) in [6, 6.07) is 6.81. The van der Waals surface area contributed by atoms with Crippen LogP contribution in [0.3, 0.4) is 0 Å². The molecule has 1 atom stereocenters. The van der Waals surface area contributed by atoms with Crippen LogP contribution in [0.1, 0.15) is 24.8 Å². The Labute approximate surface area is 144 Å². The van der Waals surface area contributed by atoms with Crippen molar-refractivity contribution in [3.63, 3.8) is 0 Å². The third-order valence-corrected chi connectivity index (χ3v) is 4.09. The van der Waals surface area contributed by atoms with E-state index in [-0.39, 0.29) is 24.6 Å². The van der Waals surface area contributed by atoms with Gasteiger partial charge in [0, 0.05) is 17.5 Å². The SMILES string of the molecule is CCNC(=O)Nc1ccc(OCC(=O)N[C@@H](C)c2cccs2)nc1. The van der Waals surface area contributed by atoms with Gasteiger partial charge in [-0.1, -0.05) is 6.07 Å². The predicted molar refractivity (Wildman–Crippen MR) is 93.3 cm³/mol. The van der Waals surface area contributed by atoms with E-state index < -0.39 is 0 Å². The minimum Gasteiger partial charge on any atom is -0.468 e. The van der Waals surface area contributed by atoms with Gasteiger partial charge < -0.3 is 20.7 Å². The van der Waals surface area contributed by atoms with E-state index >= 15 is 0 Å². The summed E-state index contributed by atoms with van der Waals surface area (Å²) in [6.45, 7) is 4.17. The van der Waals surface area contributed by atoms with Crippen LogP contribution in [0.5, 0.6) is 5.88 Å². The topological polar surface area (TPSA) is 92.4 Å². The van der Waals surface area contributed by atoms with Crippen molar-refractivity contribution in [2.45, 2.75) is 19.9 Å². The summed E-state index contributed by atoms with van der Waals surface area (Å²) in [7, 11) is 0. The number of amides is 3. The fraction of sp³-hybridized carbons (Fsp3) is 0.312. The molecule has 24 heavy (non-hydrogen) atoms. The molecule has 3 amide bonds. The molecular formula is C16H20N4O3S. The van der Waals surface area contributed by atoms with Gasteiger partial charge in [0.2, 0.25) is 5.88 Å². The molecule has 0 aliphatic heterocycles. The standard InChI is InChI=1S/C16H20N4O3S/c1-3-17-16(22)20-12-6-7-15(18-9-12)23-10-14(21)19-11(2)13-5-4-8-24-13/h4-9,11H,3,10H2,1-2H3,(H,19,21)(H2,17,20,22)/t11-/m0/s1. The van der Waals surface area contributed by atoms with E-state index in [4.69, 9.17) is 4.74 Å². The molecule has 0 radical (unpaired) electrons. The van der Waals surface area contributed by atoms with Crippen molar-refractivity contribution in [2.24, 2.45) is 0 Å². The van der Waals surface area contributed by atoms with E-state index in [1.165, 1.54) is 6.20 Å². The van der Waals surface area contributed by atoms with Gasteiger partial charge in [-0.2, -0.15) is 0 Å². The van der Waals surface area contributed by atoms with Crippen molar-refractivity contribution in [3.8, 4) is 5.88 Å². The highest BCUT2D eigenvalue weighted by Gasteiger charge is 2.11. The fourth-order valence-corrected chi connectivity index (χ4v) is 2.64. The number of nitrogens with one attached hydrogen (secondary N) is 3. The normalized spacial score (nSPS) is 11.4. The second-order valence-electron chi connectivity index (χ2n) is 4.96. The molecule has 2 aromatic rings. The number of urea groups is 1. The summed E-state index contributed by atoms with van der Waals surface area (Å²) < 4.78 is 5.35. The van der Waals surface area contributed by atoms with Gasteiger partial charge in [-0.3, -0.25) is 4.79 Å². The number of nitrogens with zero attached hydrogens (tertiary/aromatic N) is 1. The molecular weight excluding hydrogens is 328 g/mol. The summed E-state index contributed by atoms with van der Waals surface area (Å²) in [6.07, 6.45) is 1.47. The second kappa shape index (κ2) is 8.88. The smallest absolute Gasteiger partial charge is 0.319 e. The summed E-state index contributed by atoms with van der Waals surface area (Å²) in [5.74, 6) is 0.0950. The number of anilines is 1. The lowest BCUT2D eigenvalue weighted by molar-refractivity contribution is -0.123. The number of ether oxygens (including phenoxy) is 1. The van der Waals surface area contributed by atoms with Gasteiger partial charge >= 0.3 is 6.03 Å². The van der Waals surface area contributed by atoms with Crippen molar-refractivity contribution in [3.05, 3.63) is 40.7 Å². The van der Waals surface area contributed by atoms with Gasteiger partial charge in [-0.25, -0.2) is 9.78 Å². The van der Waals surface area contributed by atoms with Crippen LogP contribution in [0.2, 0.25) is 0 Å². The highest BCUT2D eigenvalue weighted by atomic mass is 32.1. The lowest BCUT2D eigenvalue weighted by Gasteiger charge is -2.12. The quantitative estimate of drug-likeness (QED) is 0.717. The molecule has 128 valence electrons. The summed E-state index contributed by atoms with van der Waals surface area (Å²) >= 11 is 1.59.